The molecule has 0 saturated heterocycles. The zero-order valence-corrected chi connectivity index (χ0v) is 12.2. The Hall–Kier alpha value is -1.92. The van der Waals surface area contributed by atoms with Crippen LogP contribution in [0, 0.1) is 0 Å². The standard InChI is InChI=1S/C14H13BrN2O3/c15-11-6-7-13(20-14(16)18)17-12(11)9-19-8-10-4-2-1-3-5-10/h1-7H,8-9H2,(H2,16,18). The van der Waals surface area contributed by atoms with Gasteiger partial charge in [0.05, 0.1) is 18.9 Å². The van der Waals surface area contributed by atoms with Gasteiger partial charge < -0.3 is 15.2 Å². The third-order valence-electron chi connectivity index (χ3n) is 2.45. The summed E-state index contributed by atoms with van der Waals surface area (Å²) in [5, 5.41) is 0. The summed E-state index contributed by atoms with van der Waals surface area (Å²) in [5.74, 6) is 0.152. The normalized spacial score (nSPS) is 10.2. The van der Waals surface area contributed by atoms with Crippen molar-refractivity contribution in [3.8, 4) is 5.88 Å². The van der Waals surface area contributed by atoms with E-state index in [2.05, 4.69) is 20.9 Å². The fourth-order valence-electron chi connectivity index (χ4n) is 1.57. The van der Waals surface area contributed by atoms with E-state index < -0.39 is 6.09 Å². The van der Waals surface area contributed by atoms with E-state index in [-0.39, 0.29) is 5.88 Å². The molecule has 0 aliphatic carbocycles. The Morgan fingerprint density at radius 3 is 2.60 bits per heavy atom. The number of primary amides is 1. The van der Waals surface area contributed by atoms with Crippen molar-refractivity contribution < 1.29 is 14.3 Å². The van der Waals surface area contributed by atoms with E-state index in [1.807, 2.05) is 30.3 Å². The maximum absolute atomic E-state index is 10.7. The first-order valence-corrected chi connectivity index (χ1v) is 6.69. The van der Waals surface area contributed by atoms with Crippen molar-refractivity contribution in [3.05, 3.63) is 58.2 Å². The predicted octanol–water partition coefficient (Wildman–Crippen LogP) is 3.02. The third kappa shape index (κ3) is 4.32. The monoisotopic (exact) mass is 336 g/mol. The van der Waals surface area contributed by atoms with E-state index in [0.29, 0.717) is 18.9 Å². The molecular formula is C14H13BrN2O3. The molecule has 0 bridgehead atoms. The van der Waals surface area contributed by atoms with Crippen LogP contribution < -0.4 is 10.5 Å². The van der Waals surface area contributed by atoms with Gasteiger partial charge in [-0.2, -0.15) is 0 Å². The Bertz CT molecular complexity index is 590. The Morgan fingerprint density at radius 2 is 1.90 bits per heavy atom. The molecule has 0 saturated carbocycles. The summed E-state index contributed by atoms with van der Waals surface area (Å²) in [5.41, 5.74) is 6.66. The molecule has 0 aliphatic rings. The molecule has 0 unspecified atom stereocenters. The molecule has 0 spiro atoms. The van der Waals surface area contributed by atoms with Gasteiger partial charge in [-0.1, -0.05) is 30.3 Å². The van der Waals surface area contributed by atoms with Crippen LogP contribution >= 0.6 is 15.9 Å². The van der Waals surface area contributed by atoms with Crippen LogP contribution in [-0.2, 0) is 18.0 Å². The topological polar surface area (TPSA) is 74.4 Å². The molecule has 0 atom stereocenters. The number of hydrogen-bond acceptors (Lipinski definition) is 4. The average Bonchev–Trinajstić information content (AvgIpc) is 2.43. The molecule has 1 amide bonds. The van der Waals surface area contributed by atoms with Crippen molar-refractivity contribution in [2.24, 2.45) is 5.73 Å². The van der Waals surface area contributed by atoms with Crippen molar-refractivity contribution in [2.45, 2.75) is 13.2 Å². The van der Waals surface area contributed by atoms with Crippen LogP contribution in [0.15, 0.2) is 46.9 Å². The fourth-order valence-corrected chi connectivity index (χ4v) is 1.90. The molecular weight excluding hydrogens is 324 g/mol. The van der Waals surface area contributed by atoms with Crippen molar-refractivity contribution in [1.82, 2.24) is 4.98 Å². The molecule has 0 aliphatic heterocycles. The molecule has 0 fully saturated rings. The summed E-state index contributed by atoms with van der Waals surface area (Å²) in [6.07, 6.45) is -0.893. The zero-order chi connectivity index (χ0) is 14.4. The highest BCUT2D eigenvalue weighted by Crippen LogP contribution is 2.20. The van der Waals surface area contributed by atoms with Gasteiger partial charge >= 0.3 is 6.09 Å². The number of nitrogens with zero attached hydrogens (tertiary/aromatic N) is 1. The summed E-state index contributed by atoms with van der Waals surface area (Å²) in [6.45, 7) is 0.779. The first kappa shape index (κ1) is 14.5. The second kappa shape index (κ2) is 7.02. The van der Waals surface area contributed by atoms with Crippen LogP contribution in [-0.4, -0.2) is 11.1 Å². The van der Waals surface area contributed by atoms with Crippen molar-refractivity contribution in [2.75, 3.05) is 0 Å². The molecule has 6 heteroatoms. The van der Waals surface area contributed by atoms with Crippen molar-refractivity contribution in [1.29, 1.82) is 0 Å². The minimum Gasteiger partial charge on any atom is -0.391 e. The molecule has 2 N–H and O–H groups in total. The van der Waals surface area contributed by atoms with Gasteiger partial charge in [-0.05, 0) is 27.6 Å². The number of aromatic nitrogens is 1. The fraction of sp³-hybridized carbons (Fsp3) is 0.143. The highest BCUT2D eigenvalue weighted by Gasteiger charge is 2.07. The molecule has 2 rings (SSSR count). The molecule has 1 heterocycles. The number of nitrogens with two attached hydrogens (primary N) is 1. The smallest absolute Gasteiger partial charge is 0.391 e. The quantitative estimate of drug-likeness (QED) is 0.910. The van der Waals surface area contributed by atoms with Crippen LogP contribution in [0.4, 0.5) is 4.79 Å². The van der Waals surface area contributed by atoms with Gasteiger partial charge in [-0.3, -0.25) is 0 Å². The van der Waals surface area contributed by atoms with Gasteiger partial charge in [0, 0.05) is 10.5 Å². The first-order chi connectivity index (χ1) is 9.65. The zero-order valence-electron chi connectivity index (χ0n) is 10.6. The van der Waals surface area contributed by atoms with Crippen molar-refractivity contribution in [3.63, 3.8) is 0 Å². The third-order valence-corrected chi connectivity index (χ3v) is 3.17. The highest BCUT2D eigenvalue weighted by molar-refractivity contribution is 9.10. The van der Waals surface area contributed by atoms with E-state index in [1.165, 1.54) is 0 Å². The van der Waals surface area contributed by atoms with Gasteiger partial charge in [-0.15, -0.1) is 0 Å². The van der Waals surface area contributed by atoms with Crippen LogP contribution in [0.25, 0.3) is 0 Å². The first-order valence-electron chi connectivity index (χ1n) is 5.89. The van der Waals surface area contributed by atoms with Crippen LogP contribution in [0.1, 0.15) is 11.3 Å². The lowest BCUT2D eigenvalue weighted by molar-refractivity contribution is 0.104. The van der Waals surface area contributed by atoms with Gasteiger partial charge in [0.25, 0.3) is 0 Å². The Balaban J connectivity index is 1.96. The number of halogens is 1. The maximum Gasteiger partial charge on any atom is 0.411 e. The SMILES string of the molecule is NC(=O)Oc1ccc(Br)c(COCc2ccccc2)n1. The highest BCUT2D eigenvalue weighted by atomic mass is 79.9. The minimum absolute atomic E-state index is 0.152. The number of benzene rings is 1. The lowest BCUT2D eigenvalue weighted by Crippen LogP contribution is -2.17. The molecule has 5 nitrogen and oxygen atoms in total. The predicted molar refractivity (Wildman–Crippen MR) is 77.1 cm³/mol. The number of ether oxygens (including phenoxy) is 2. The van der Waals surface area contributed by atoms with E-state index >= 15 is 0 Å². The summed E-state index contributed by atoms with van der Waals surface area (Å²) >= 11 is 3.37. The maximum atomic E-state index is 10.7. The van der Waals surface area contributed by atoms with E-state index in [0.717, 1.165) is 10.0 Å². The van der Waals surface area contributed by atoms with Crippen LogP contribution in [0.3, 0.4) is 0 Å². The number of carbonyl (C=O) groups excluding carboxylic acids is 1. The number of carbonyl (C=O) groups is 1. The second-order valence-electron chi connectivity index (χ2n) is 3.98. The second-order valence-corrected chi connectivity index (χ2v) is 4.83. The van der Waals surface area contributed by atoms with E-state index in [9.17, 15) is 4.79 Å². The molecule has 1 aromatic carbocycles. The van der Waals surface area contributed by atoms with Gasteiger partial charge in [0.15, 0.2) is 0 Å². The van der Waals surface area contributed by atoms with Crippen molar-refractivity contribution >= 4 is 22.0 Å². The van der Waals surface area contributed by atoms with E-state index in [1.54, 1.807) is 12.1 Å². The number of hydrogen-bond donors (Lipinski definition) is 1. The lowest BCUT2D eigenvalue weighted by Gasteiger charge is -2.07. The average molecular weight is 337 g/mol. The largest absolute Gasteiger partial charge is 0.411 e. The molecule has 0 radical (unpaired) electrons. The Morgan fingerprint density at radius 1 is 1.15 bits per heavy atom. The van der Waals surface area contributed by atoms with Gasteiger partial charge in [0.1, 0.15) is 0 Å². The number of amides is 1. The van der Waals surface area contributed by atoms with Crippen LogP contribution in [0.5, 0.6) is 5.88 Å². The number of rotatable bonds is 5. The summed E-state index contributed by atoms with van der Waals surface area (Å²) < 4.78 is 11.1. The number of pyridine rings is 1. The Labute approximate surface area is 124 Å². The summed E-state index contributed by atoms with van der Waals surface area (Å²) in [4.78, 5) is 14.8. The van der Waals surface area contributed by atoms with Gasteiger partial charge in [0.2, 0.25) is 5.88 Å². The molecule has 104 valence electrons. The summed E-state index contributed by atoms with van der Waals surface area (Å²) in [7, 11) is 0. The summed E-state index contributed by atoms with van der Waals surface area (Å²) in [6, 6.07) is 13.1. The molecule has 20 heavy (non-hydrogen) atoms. The van der Waals surface area contributed by atoms with Crippen LogP contribution in [0.2, 0.25) is 0 Å². The molecule has 2 aromatic rings. The Kier molecular flexibility index (Phi) is 5.09. The molecule has 1 aromatic heterocycles. The minimum atomic E-state index is -0.893. The van der Waals surface area contributed by atoms with E-state index in [4.69, 9.17) is 15.2 Å². The lowest BCUT2D eigenvalue weighted by atomic mass is 10.2. The van der Waals surface area contributed by atoms with Gasteiger partial charge in [-0.25, -0.2) is 9.78 Å².